The van der Waals surface area contributed by atoms with Gasteiger partial charge in [-0.25, -0.2) is 0 Å². The van der Waals surface area contributed by atoms with Crippen LogP contribution in [0, 0.1) is 11.8 Å². The van der Waals surface area contributed by atoms with E-state index in [4.69, 9.17) is 0 Å². The Hall–Kier alpha value is -1.59. The van der Waals surface area contributed by atoms with Gasteiger partial charge in [0, 0.05) is 42.7 Å². The van der Waals surface area contributed by atoms with Crippen molar-refractivity contribution < 1.29 is 9.59 Å². The lowest BCUT2D eigenvalue weighted by Crippen LogP contribution is -2.48. The minimum absolute atomic E-state index is 0. The van der Waals surface area contributed by atoms with Crippen LogP contribution in [-0.2, 0) is 4.79 Å². The molecule has 0 spiro atoms. The van der Waals surface area contributed by atoms with Gasteiger partial charge in [0.2, 0.25) is 5.91 Å². The van der Waals surface area contributed by atoms with Crippen molar-refractivity contribution in [3.05, 3.63) is 29.8 Å². The summed E-state index contributed by atoms with van der Waals surface area (Å²) in [7, 11) is 0. The summed E-state index contributed by atoms with van der Waals surface area (Å²) in [5.74, 6) is 0.766. The molecule has 2 aliphatic rings. The Morgan fingerprint density at radius 1 is 1.14 bits per heavy atom. The molecule has 5 nitrogen and oxygen atoms in total. The topological polar surface area (TPSA) is 70.2 Å². The normalized spacial score (nSPS) is 17.3. The van der Waals surface area contributed by atoms with Crippen molar-refractivity contribution in [3.8, 4) is 0 Å². The lowest BCUT2D eigenvalue weighted by atomic mass is 10.0. The molecule has 1 aromatic carbocycles. The highest BCUT2D eigenvalue weighted by Gasteiger charge is 2.29. The molecule has 1 saturated heterocycles. The fourth-order valence-corrected chi connectivity index (χ4v) is 2.13. The summed E-state index contributed by atoms with van der Waals surface area (Å²) in [4.78, 5) is 23.5. The zero-order valence-corrected chi connectivity index (χ0v) is 12.5. The Morgan fingerprint density at radius 3 is 2.33 bits per heavy atom. The van der Waals surface area contributed by atoms with Crippen LogP contribution in [0.15, 0.2) is 24.3 Å². The van der Waals surface area contributed by atoms with Crippen LogP contribution in [0.3, 0.4) is 0 Å². The molecule has 0 radical (unpaired) electrons. The number of hydrogen-bond donors (Lipinski definition) is 3. The lowest BCUT2D eigenvalue weighted by molar-refractivity contribution is -0.117. The zero-order valence-electron chi connectivity index (χ0n) is 11.7. The number of anilines is 1. The van der Waals surface area contributed by atoms with Gasteiger partial charge in [-0.2, -0.15) is 0 Å². The van der Waals surface area contributed by atoms with Gasteiger partial charge in [0.05, 0.1) is 0 Å². The molecule has 21 heavy (non-hydrogen) atoms. The summed E-state index contributed by atoms with van der Waals surface area (Å²) >= 11 is 0. The quantitative estimate of drug-likeness (QED) is 0.770. The van der Waals surface area contributed by atoms with Crippen LogP contribution in [0.1, 0.15) is 23.2 Å². The third kappa shape index (κ3) is 4.19. The first-order chi connectivity index (χ1) is 9.72. The zero-order chi connectivity index (χ0) is 13.9. The first-order valence-electron chi connectivity index (χ1n) is 7.12. The number of nitrogens with one attached hydrogen (secondary N) is 3. The molecule has 2 amide bonds. The Bertz CT molecular complexity index is 510. The van der Waals surface area contributed by atoms with E-state index in [9.17, 15) is 9.59 Å². The molecule has 0 aromatic heterocycles. The van der Waals surface area contributed by atoms with Crippen LogP contribution in [0.4, 0.5) is 5.69 Å². The maximum absolute atomic E-state index is 11.9. The fourth-order valence-electron chi connectivity index (χ4n) is 2.13. The summed E-state index contributed by atoms with van der Waals surface area (Å²) in [6.45, 7) is 2.67. The molecular formula is C15H20ClN3O2. The Morgan fingerprint density at radius 2 is 1.81 bits per heavy atom. The molecule has 2 fully saturated rings. The number of benzene rings is 1. The van der Waals surface area contributed by atoms with Crippen LogP contribution in [0.5, 0.6) is 0 Å². The number of hydrogen-bond acceptors (Lipinski definition) is 3. The highest BCUT2D eigenvalue weighted by atomic mass is 35.5. The molecule has 0 bridgehead atoms. The number of carbonyl (C=O) groups is 2. The predicted octanol–water partition coefficient (Wildman–Crippen LogP) is 1.41. The maximum atomic E-state index is 11.9. The molecule has 1 aromatic rings. The van der Waals surface area contributed by atoms with E-state index in [1.807, 2.05) is 0 Å². The average Bonchev–Trinajstić information content (AvgIpc) is 3.22. The predicted molar refractivity (Wildman–Crippen MR) is 83.7 cm³/mol. The largest absolute Gasteiger partial charge is 0.352 e. The van der Waals surface area contributed by atoms with Gasteiger partial charge in [-0.3, -0.25) is 9.59 Å². The van der Waals surface area contributed by atoms with Gasteiger partial charge in [0.1, 0.15) is 0 Å². The number of carbonyl (C=O) groups excluding carboxylic acids is 2. The summed E-state index contributed by atoms with van der Waals surface area (Å²) in [5.41, 5.74) is 1.38. The lowest BCUT2D eigenvalue weighted by Gasteiger charge is -2.27. The van der Waals surface area contributed by atoms with E-state index >= 15 is 0 Å². The van der Waals surface area contributed by atoms with Gasteiger partial charge in [0.15, 0.2) is 0 Å². The molecule has 3 rings (SSSR count). The number of halogens is 1. The average molecular weight is 310 g/mol. The molecule has 0 unspecified atom stereocenters. The van der Waals surface area contributed by atoms with E-state index in [1.165, 1.54) is 0 Å². The van der Waals surface area contributed by atoms with E-state index < -0.39 is 0 Å². The molecular weight excluding hydrogens is 290 g/mol. The van der Waals surface area contributed by atoms with Crippen molar-refractivity contribution in [1.82, 2.24) is 10.6 Å². The van der Waals surface area contributed by atoms with Gasteiger partial charge in [-0.15, -0.1) is 12.4 Å². The second-order valence-corrected chi connectivity index (χ2v) is 5.58. The Labute approximate surface area is 130 Å². The molecule has 6 heteroatoms. The van der Waals surface area contributed by atoms with Crippen molar-refractivity contribution in [1.29, 1.82) is 0 Å². The van der Waals surface area contributed by atoms with E-state index in [1.54, 1.807) is 24.3 Å². The maximum Gasteiger partial charge on any atom is 0.251 e. The van der Waals surface area contributed by atoms with E-state index in [0.29, 0.717) is 18.0 Å². The summed E-state index contributed by atoms with van der Waals surface area (Å²) in [6, 6.07) is 7.05. The van der Waals surface area contributed by atoms with E-state index in [-0.39, 0.29) is 30.1 Å². The van der Waals surface area contributed by atoms with Crippen molar-refractivity contribution in [2.45, 2.75) is 12.8 Å². The van der Waals surface area contributed by atoms with Crippen molar-refractivity contribution >= 4 is 29.9 Å². The van der Waals surface area contributed by atoms with Crippen LogP contribution >= 0.6 is 12.4 Å². The van der Waals surface area contributed by atoms with Gasteiger partial charge in [0.25, 0.3) is 5.91 Å². The van der Waals surface area contributed by atoms with E-state index in [2.05, 4.69) is 16.0 Å². The minimum atomic E-state index is -0.0584. The van der Waals surface area contributed by atoms with Crippen molar-refractivity contribution in [3.63, 3.8) is 0 Å². The monoisotopic (exact) mass is 309 g/mol. The second kappa shape index (κ2) is 6.91. The van der Waals surface area contributed by atoms with Crippen LogP contribution < -0.4 is 16.0 Å². The molecule has 3 N–H and O–H groups in total. The van der Waals surface area contributed by atoms with Crippen molar-refractivity contribution in [2.24, 2.45) is 11.8 Å². The highest BCUT2D eigenvalue weighted by molar-refractivity contribution is 5.96. The summed E-state index contributed by atoms with van der Waals surface area (Å²) in [6.07, 6.45) is 1.98. The third-order valence-electron chi connectivity index (χ3n) is 3.78. The SMILES string of the molecule is Cl.O=C(NCC1CNC1)c1ccc(NC(=O)C2CC2)cc1. The highest BCUT2D eigenvalue weighted by Crippen LogP contribution is 2.30. The van der Waals surface area contributed by atoms with Gasteiger partial charge < -0.3 is 16.0 Å². The molecule has 114 valence electrons. The fraction of sp³-hybridized carbons (Fsp3) is 0.467. The molecule has 1 saturated carbocycles. The standard InChI is InChI=1S/C15H19N3O2.ClH/c19-14(17-9-10-7-16-8-10)11-3-5-13(6-4-11)18-15(20)12-1-2-12;/h3-6,10,12,16H,1-2,7-9H2,(H,17,19)(H,18,20);1H. The van der Waals surface area contributed by atoms with Gasteiger partial charge >= 0.3 is 0 Å². The first-order valence-corrected chi connectivity index (χ1v) is 7.12. The Kier molecular flexibility index (Phi) is 5.20. The van der Waals surface area contributed by atoms with E-state index in [0.717, 1.165) is 31.6 Å². The molecule has 1 aliphatic carbocycles. The first kappa shape index (κ1) is 15.8. The third-order valence-corrected chi connectivity index (χ3v) is 3.78. The second-order valence-electron chi connectivity index (χ2n) is 5.58. The molecule has 1 heterocycles. The summed E-state index contributed by atoms with van der Waals surface area (Å²) < 4.78 is 0. The Balaban J connectivity index is 0.00000161. The smallest absolute Gasteiger partial charge is 0.251 e. The minimum Gasteiger partial charge on any atom is -0.352 e. The van der Waals surface area contributed by atoms with Gasteiger partial charge in [-0.05, 0) is 37.1 Å². The summed E-state index contributed by atoms with van der Waals surface area (Å²) in [5, 5.41) is 8.96. The molecule has 0 atom stereocenters. The van der Waals surface area contributed by atoms with Crippen molar-refractivity contribution in [2.75, 3.05) is 25.0 Å². The van der Waals surface area contributed by atoms with Gasteiger partial charge in [-0.1, -0.05) is 0 Å². The molecule has 1 aliphatic heterocycles. The van der Waals surface area contributed by atoms with Crippen LogP contribution in [-0.4, -0.2) is 31.4 Å². The number of rotatable bonds is 5. The van der Waals surface area contributed by atoms with Crippen LogP contribution in [0.25, 0.3) is 0 Å². The van der Waals surface area contributed by atoms with Crippen LogP contribution in [0.2, 0.25) is 0 Å². The number of amides is 2.